The molecule has 2 heteroatoms. The molecule has 0 amide bonds. The maximum Gasteiger partial charge on any atom is 0.343 e. The molecule has 2 nitrogen and oxygen atoms in total. The van der Waals surface area contributed by atoms with Crippen molar-refractivity contribution in [2.75, 3.05) is 0 Å². The first-order chi connectivity index (χ1) is 7.77. The predicted molar refractivity (Wildman–Crippen MR) is 65.0 cm³/mol. The Balaban J connectivity index is 2.70. The number of esters is 1. The van der Waals surface area contributed by atoms with Crippen LogP contribution >= 0.6 is 0 Å². The smallest absolute Gasteiger partial charge is 0.343 e. The molecule has 1 aromatic carbocycles. The van der Waals surface area contributed by atoms with Gasteiger partial charge in [-0.2, -0.15) is 0 Å². The number of rotatable bonds is 5. The largest absolute Gasteiger partial charge is 0.423 e. The molecule has 1 aromatic rings. The van der Waals surface area contributed by atoms with Crippen LogP contribution in [0.1, 0.15) is 16.8 Å². The average Bonchev–Trinajstić information content (AvgIpc) is 2.35. The molecule has 0 spiro atoms. The molecule has 0 heterocycles. The molecule has 0 aliphatic carbocycles. The highest BCUT2D eigenvalue weighted by molar-refractivity contribution is 5.90. The van der Waals surface area contributed by atoms with Crippen molar-refractivity contribution in [3.63, 3.8) is 0 Å². The van der Waals surface area contributed by atoms with E-state index in [0.29, 0.717) is 17.7 Å². The zero-order valence-corrected chi connectivity index (χ0v) is 9.06. The van der Waals surface area contributed by atoms with Crippen LogP contribution in [0.25, 0.3) is 0 Å². The third-order valence-electron chi connectivity index (χ3n) is 1.91. The second kappa shape index (κ2) is 6.40. The summed E-state index contributed by atoms with van der Waals surface area (Å²) in [6.45, 7) is 7.17. The van der Waals surface area contributed by atoms with E-state index in [0.717, 1.165) is 0 Å². The molecule has 0 unspecified atom stereocenters. The summed E-state index contributed by atoms with van der Waals surface area (Å²) in [5, 5.41) is 0. The molecule has 1 rings (SSSR count). The zero-order valence-electron chi connectivity index (χ0n) is 9.06. The Morgan fingerprint density at radius 2 is 1.94 bits per heavy atom. The van der Waals surface area contributed by atoms with Gasteiger partial charge in [-0.15, -0.1) is 6.58 Å². The number of ether oxygens (including phenoxy) is 1. The van der Waals surface area contributed by atoms with Crippen LogP contribution in [0.4, 0.5) is 0 Å². The summed E-state index contributed by atoms with van der Waals surface area (Å²) in [6, 6.07) is 8.83. The molecule has 0 aliphatic rings. The van der Waals surface area contributed by atoms with Gasteiger partial charge in [0.1, 0.15) is 5.76 Å². The van der Waals surface area contributed by atoms with E-state index in [4.69, 9.17) is 4.74 Å². The summed E-state index contributed by atoms with van der Waals surface area (Å²) in [5.74, 6) is 0.0737. The van der Waals surface area contributed by atoms with Crippen molar-refractivity contribution < 1.29 is 9.53 Å². The predicted octanol–water partition coefficient (Wildman–Crippen LogP) is 3.49. The molecular formula is C14H14O2. The number of hydrogen-bond acceptors (Lipinski definition) is 2. The van der Waals surface area contributed by atoms with Crippen molar-refractivity contribution in [1.82, 2.24) is 0 Å². The van der Waals surface area contributed by atoms with Gasteiger partial charge in [-0.05, 0) is 30.7 Å². The number of benzene rings is 1. The molecule has 82 valence electrons. The fraction of sp³-hybridized carbons (Fsp3) is 0.0714. The third kappa shape index (κ3) is 3.58. The normalized spacial score (nSPS) is 10.6. The van der Waals surface area contributed by atoms with E-state index >= 15 is 0 Å². The Bertz CT molecular complexity index is 402. The molecule has 0 saturated carbocycles. The molecule has 0 fully saturated rings. The van der Waals surface area contributed by atoms with Gasteiger partial charge in [-0.3, -0.25) is 0 Å². The van der Waals surface area contributed by atoms with Gasteiger partial charge in [0.15, 0.2) is 0 Å². The number of allylic oxidation sites excluding steroid dienone is 3. The van der Waals surface area contributed by atoms with E-state index in [-0.39, 0.29) is 5.97 Å². The molecule has 16 heavy (non-hydrogen) atoms. The highest BCUT2D eigenvalue weighted by Gasteiger charge is 2.06. The Morgan fingerprint density at radius 3 is 2.50 bits per heavy atom. The van der Waals surface area contributed by atoms with Gasteiger partial charge in [0, 0.05) is 0 Å². The number of carbonyl (C=O) groups excluding carboxylic acids is 1. The van der Waals surface area contributed by atoms with E-state index in [2.05, 4.69) is 13.2 Å². The first kappa shape index (κ1) is 12.0. The summed E-state index contributed by atoms with van der Waals surface area (Å²) in [4.78, 5) is 11.6. The van der Waals surface area contributed by atoms with E-state index < -0.39 is 0 Å². The average molecular weight is 214 g/mol. The van der Waals surface area contributed by atoms with Gasteiger partial charge < -0.3 is 4.74 Å². The van der Waals surface area contributed by atoms with Gasteiger partial charge in [0.2, 0.25) is 0 Å². The summed E-state index contributed by atoms with van der Waals surface area (Å²) < 4.78 is 5.14. The number of hydrogen-bond donors (Lipinski definition) is 0. The minimum absolute atomic E-state index is 0.379. The second-order valence-electron chi connectivity index (χ2n) is 3.09. The van der Waals surface area contributed by atoms with Crippen LogP contribution in [0, 0.1) is 0 Å². The van der Waals surface area contributed by atoms with Gasteiger partial charge in [0.05, 0.1) is 5.56 Å². The van der Waals surface area contributed by atoms with Crippen LogP contribution in [0.3, 0.4) is 0 Å². The highest BCUT2D eigenvalue weighted by atomic mass is 16.5. The van der Waals surface area contributed by atoms with Crippen LogP contribution in [0.2, 0.25) is 0 Å². The van der Waals surface area contributed by atoms with Gasteiger partial charge >= 0.3 is 5.97 Å². The van der Waals surface area contributed by atoms with E-state index in [1.165, 1.54) is 6.08 Å². The van der Waals surface area contributed by atoms with Crippen LogP contribution in [0.15, 0.2) is 67.5 Å². The summed E-state index contributed by atoms with van der Waals surface area (Å²) in [5.41, 5.74) is 0.522. The van der Waals surface area contributed by atoms with Gasteiger partial charge in [-0.1, -0.05) is 30.9 Å². The van der Waals surface area contributed by atoms with Crippen LogP contribution in [-0.2, 0) is 4.74 Å². The summed E-state index contributed by atoms with van der Waals surface area (Å²) in [6.07, 6.45) is 5.62. The summed E-state index contributed by atoms with van der Waals surface area (Å²) >= 11 is 0. The molecule has 0 N–H and O–H groups in total. The fourth-order valence-corrected chi connectivity index (χ4v) is 1.11. The van der Waals surface area contributed by atoms with Crippen molar-refractivity contribution in [1.29, 1.82) is 0 Å². The Morgan fingerprint density at radius 1 is 1.25 bits per heavy atom. The molecule has 0 atom stereocenters. The van der Waals surface area contributed by atoms with Crippen molar-refractivity contribution in [2.24, 2.45) is 0 Å². The van der Waals surface area contributed by atoms with E-state index in [9.17, 15) is 4.79 Å². The van der Waals surface area contributed by atoms with Gasteiger partial charge in [0.25, 0.3) is 0 Å². The quantitative estimate of drug-likeness (QED) is 0.324. The van der Waals surface area contributed by atoms with Crippen molar-refractivity contribution >= 4 is 5.97 Å². The minimum atomic E-state index is -0.379. The fourth-order valence-electron chi connectivity index (χ4n) is 1.11. The Kier molecular flexibility index (Phi) is 4.80. The lowest BCUT2D eigenvalue weighted by Gasteiger charge is -2.04. The Labute approximate surface area is 95.6 Å². The van der Waals surface area contributed by atoms with Gasteiger partial charge in [-0.25, -0.2) is 4.79 Å². The topological polar surface area (TPSA) is 26.3 Å². The molecule has 0 saturated heterocycles. The SMILES string of the molecule is C=CC/C=C(\C=C)OC(=O)c1ccccc1. The maximum atomic E-state index is 11.6. The Hall–Kier alpha value is -2.09. The van der Waals surface area contributed by atoms with Crippen LogP contribution < -0.4 is 0 Å². The monoisotopic (exact) mass is 214 g/mol. The molecule has 0 aliphatic heterocycles. The lowest BCUT2D eigenvalue weighted by atomic mass is 10.2. The van der Waals surface area contributed by atoms with E-state index in [1.54, 1.807) is 36.4 Å². The van der Waals surface area contributed by atoms with Crippen LogP contribution in [-0.4, -0.2) is 5.97 Å². The standard InChI is InChI=1S/C14H14O2/c1-3-5-11-13(4-2)16-14(15)12-9-7-6-8-10-12/h3-4,6-11H,1-2,5H2/b13-11+. The molecule has 0 aromatic heterocycles. The lowest BCUT2D eigenvalue weighted by molar-refractivity contribution is 0.0636. The van der Waals surface area contributed by atoms with Crippen molar-refractivity contribution in [3.8, 4) is 0 Å². The third-order valence-corrected chi connectivity index (χ3v) is 1.91. The minimum Gasteiger partial charge on any atom is -0.423 e. The van der Waals surface area contributed by atoms with Crippen molar-refractivity contribution in [2.45, 2.75) is 6.42 Å². The summed E-state index contributed by atoms with van der Waals surface area (Å²) in [7, 11) is 0. The van der Waals surface area contributed by atoms with Crippen molar-refractivity contribution in [3.05, 3.63) is 73.0 Å². The zero-order chi connectivity index (χ0) is 11.8. The maximum absolute atomic E-state index is 11.6. The first-order valence-corrected chi connectivity index (χ1v) is 4.98. The molecular weight excluding hydrogens is 200 g/mol. The molecule has 0 bridgehead atoms. The molecule has 0 radical (unpaired) electrons. The highest BCUT2D eigenvalue weighted by Crippen LogP contribution is 2.07. The van der Waals surface area contributed by atoms with E-state index in [1.807, 2.05) is 6.07 Å². The second-order valence-corrected chi connectivity index (χ2v) is 3.09. The number of carbonyl (C=O) groups is 1. The lowest BCUT2D eigenvalue weighted by Crippen LogP contribution is -2.03. The van der Waals surface area contributed by atoms with Crippen LogP contribution in [0.5, 0.6) is 0 Å². The first-order valence-electron chi connectivity index (χ1n) is 4.98.